The number of hydrogen-bond donors (Lipinski definition) is 4. The summed E-state index contributed by atoms with van der Waals surface area (Å²) in [5.74, 6) is 0.746. The quantitative estimate of drug-likeness (QED) is 0.430. The number of fused-ring (bicyclic) bond motifs is 1. The predicted molar refractivity (Wildman–Crippen MR) is 127 cm³/mol. The molecule has 0 aromatic carbocycles. The molecular formula is C23H29N7O4. The maximum Gasteiger partial charge on any atom is 0.274 e. The van der Waals surface area contributed by atoms with Crippen molar-refractivity contribution in [2.45, 2.75) is 50.3 Å². The van der Waals surface area contributed by atoms with Gasteiger partial charge in [-0.15, -0.1) is 0 Å². The van der Waals surface area contributed by atoms with Crippen molar-refractivity contribution in [1.82, 2.24) is 24.5 Å². The van der Waals surface area contributed by atoms with Crippen molar-refractivity contribution in [1.29, 1.82) is 0 Å². The molecule has 34 heavy (non-hydrogen) atoms. The Hall–Kier alpha value is -3.44. The largest absolute Gasteiger partial charge is 0.393 e. The molecule has 180 valence electrons. The molecule has 1 amide bonds. The van der Waals surface area contributed by atoms with Crippen molar-refractivity contribution < 1.29 is 14.6 Å². The second-order valence-corrected chi connectivity index (χ2v) is 8.81. The topological polar surface area (TPSA) is 135 Å². The Bertz CT molecular complexity index is 1250. The van der Waals surface area contributed by atoms with Gasteiger partial charge in [-0.2, -0.15) is 9.61 Å². The average molecular weight is 468 g/mol. The van der Waals surface area contributed by atoms with E-state index in [9.17, 15) is 14.7 Å². The lowest BCUT2D eigenvalue weighted by Crippen LogP contribution is -2.33. The molecule has 4 heterocycles. The maximum absolute atomic E-state index is 13.1. The number of rotatable bonds is 6. The summed E-state index contributed by atoms with van der Waals surface area (Å²) in [5, 5.41) is 23.2. The molecule has 2 atom stereocenters. The van der Waals surface area contributed by atoms with Gasteiger partial charge in [0.05, 0.1) is 12.3 Å². The zero-order valence-corrected chi connectivity index (χ0v) is 19.0. The molecule has 0 radical (unpaired) electrons. The number of aliphatic hydroxyl groups is 1. The Balaban J connectivity index is 1.44. The van der Waals surface area contributed by atoms with Crippen LogP contribution in [0.5, 0.6) is 0 Å². The Morgan fingerprint density at radius 1 is 1.24 bits per heavy atom. The van der Waals surface area contributed by atoms with Gasteiger partial charge in [-0.1, -0.05) is 0 Å². The zero-order valence-electron chi connectivity index (χ0n) is 19.0. The van der Waals surface area contributed by atoms with Gasteiger partial charge in [-0.05, 0) is 44.2 Å². The molecule has 3 aromatic heterocycles. The van der Waals surface area contributed by atoms with Crippen LogP contribution in [-0.4, -0.2) is 62.6 Å². The maximum atomic E-state index is 13.1. The number of hydrogen-bond acceptors (Lipinski definition) is 8. The number of anilines is 3. The van der Waals surface area contributed by atoms with Crippen LogP contribution in [0.4, 0.5) is 17.3 Å². The van der Waals surface area contributed by atoms with Gasteiger partial charge in [0.25, 0.3) is 11.5 Å². The summed E-state index contributed by atoms with van der Waals surface area (Å²) < 4.78 is 8.72. The Labute approximate surface area is 196 Å². The van der Waals surface area contributed by atoms with Gasteiger partial charge >= 0.3 is 0 Å². The van der Waals surface area contributed by atoms with Gasteiger partial charge in [-0.25, -0.2) is 4.98 Å². The number of nitrogens with zero attached hydrogens (tertiary/aromatic N) is 4. The Kier molecular flexibility index (Phi) is 6.20. The van der Waals surface area contributed by atoms with E-state index >= 15 is 0 Å². The molecule has 11 nitrogen and oxygen atoms in total. The first-order valence-electron chi connectivity index (χ1n) is 11.6. The van der Waals surface area contributed by atoms with Crippen molar-refractivity contribution in [2.24, 2.45) is 0 Å². The molecule has 2 unspecified atom stereocenters. The van der Waals surface area contributed by atoms with Crippen LogP contribution in [0.3, 0.4) is 0 Å². The highest BCUT2D eigenvalue weighted by molar-refractivity contribution is 6.00. The van der Waals surface area contributed by atoms with E-state index in [1.54, 1.807) is 34.5 Å². The van der Waals surface area contributed by atoms with Crippen molar-refractivity contribution in [3.63, 3.8) is 0 Å². The van der Waals surface area contributed by atoms with Gasteiger partial charge in [0.1, 0.15) is 22.9 Å². The minimum atomic E-state index is -0.380. The molecule has 0 bridgehead atoms. The van der Waals surface area contributed by atoms with E-state index in [1.165, 1.54) is 6.20 Å². The SMILES string of the molecule is CNc1cc(Nc2cccn(C3CCOCC3)c2=O)nc2c(C(=O)NC3CCC(O)C3)cnn12. The minimum absolute atomic E-state index is 0.0736. The minimum Gasteiger partial charge on any atom is -0.393 e. The first-order valence-corrected chi connectivity index (χ1v) is 11.6. The second-order valence-electron chi connectivity index (χ2n) is 8.81. The van der Waals surface area contributed by atoms with Crippen LogP contribution in [0.25, 0.3) is 5.65 Å². The van der Waals surface area contributed by atoms with Gasteiger partial charge in [0, 0.05) is 44.6 Å². The molecule has 3 aromatic rings. The van der Waals surface area contributed by atoms with Gasteiger partial charge in [0.2, 0.25) is 0 Å². The van der Waals surface area contributed by atoms with Crippen LogP contribution >= 0.6 is 0 Å². The molecule has 4 N–H and O–H groups in total. The highest BCUT2D eigenvalue weighted by Gasteiger charge is 2.26. The number of ether oxygens (including phenoxy) is 1. The zero-order chi connectivity index (χ0) is 23.7. The number of carbonyl (C=O) groups excluding carboxylic acids is 1. The Morgan fingerprint density at radius 2 is 2.06 bits per heavy atom. The van der Waals surface area contributed by atoms with Crippen LogP contribution < -0.4 is 21.5 Å². The van der Waals surface area contributed by atoms with E-state index < -0.39 is 0 Å². The summed E-state index contributed by atoms with van der Waals surface area (Å²) in [6.45, 7) is 1.29. The number of aliphatic hydroxyl groups excluding tert-OH is 1. The van der Waals surface area contributed by atoms with Gasteiger partial charge in [0.15, 0.2) is 5.65 Å². The number of nitrogens with one attached hydrogen (secondary N) is 3. The highest BCUT2D eigenvalue weighted by Crippen LogP contribution is 2.24. The normalized spacial score (nSPS) is 21.0. The summed E-state index contributed by atoms with van der Waals surface area (Å²) in [7, 11) is 1.75. The lowest BCUT2D eigenvalue weighted by atomic mass is 10.1. The van der Waals surface area contributed by atoms with Gasteiger partial charge in [-0.3, -0.25) is 9.59 Å². The van der Waals surface area contributed by atoms with E-state index in [0.29, 0.717) is 54.6 Å². The van der Waals surface area contributed by atoms with Crippen LogP contribution in [-0.2, 0) is 4.74 Å². The van der Waals surface area contributed by atoms with Crippen LogP contribution in [0.15, 0.2) is 35.4 Å². The number of pyridine rings is 1. The number of amides is 1. The summed E-state index contributed by atoms with van der Waals surface area (Å²) in [6.07, 6.45) is 6.45. The van der Waals surface area contributed by atoms with Crippen molar-refractivity contribution >= 4 is 28.9 Å². The molecule has 2 aliphatic rings. The molecule has 11 heteroatoms. The molecule has 2 fully saturated rings. The number of carbonyl (C=O) groups is 1. The number of aromatic nitrogens is 4. The fraction of sp³-hybridized carbons (Fsp3) is 0.478. The van der Waals surface area contributed by atoms with Crippen LogP contribution in [0.2, 0.25) is 0 Å². The third-order valence-electron chi connectivity index (χ3n) is 6.53. The summed E-state index contributed by atoms with van der Waals surface area (Å²) >= 11 is 0. The van der Waals surface area contributed by atoms with Crippen molar-refractivity contribution in [2.75, 3.05) is 30.9 Å². The lowest BCUT2D eigenvalue weighted by molar-refractivity contribution is 0.0687. The fourth-order valence-electron chi connectivity index (χ4n) is 4.71. The van der Waals surface area contributed by atoms with E-state index in [-0.39, 0.29) is 29.7 Å². The van der Waals surface area contributed by atoms with Crippen molar-refractivity contribution in [3.8, 4) is 0 Å². The molecule has 0 spiro atoms. The second kappa shape index (κ2) is 9.43. The van der Waals surface area contributed by atoms with Crippen molar-refractivity contribution in [3.05, 3.63) is 46.5 Å². The third-order valence-corrected chi connectivity index (χ3v) is 6.53. The molecule has 1 aliphatic carbocycles. The average Bonchev–Trinajstić information content (AvgIpc) is 3.46. The molecule has 1 saturated heterocycles. The molecule has 1 saturated carbocycles. The summed E-state index contributed by atoms with van der Waals surface area (Å²) in [6, 6.07) is 5.32. The fourth-order valence-corrected chi connectivity index (χ4v) is 4.71. The Morgan fingerprint density at radius 3 is 2.79 bits per heavy atom. The first-order chi connectivity index (χ1) is 16.5. The third kappa shape index (κ3) is 4.36. The standard InChI is InChI=1S/C23H29N7O4/c1-24-20-12-19(27-18-3-2-8-29(23(18)33)15-6-9-34-10-7-15)28-21-17(13-25-30(20)21)22(32)26-14-4-5-16(31)11-14/h2-3,8,12-16,24,31H,4-7,9-11H2,1H3,(H,26,32)(H,27,28). The van der Waals surface area contributed by atoms with E-state index in [0.717, 1.165) is 19.3 Å². The lowest BCUT2D eigenvalue weighted by Gasteiger charge is -2.24. The summed E-state index contributed by atoms with van der Waals surface area (Å²) in [5.41, 5.74) is 0.965. The monoisotopic (exact) mass is 467 g/mol. The van der Waals surface area contributed by atoms with Gasteiger partial charge < -0.3 is 30.4 Å². The highest BCUT2D eigenvalue weighted by atomic mass is 16.5. The molecule has 1 aliphatic heterocycles. The molecule has 5 rings (SSSR count). The molecular weight excluding hydrogens is 438 g/mol. The van der Waals surface area contributed by atoms with Crippen LogP contribution in [0.1, 0.15) is 48.5 Å². The van der Waals surface area contributed by atoms with Crippen LogP contribution in [0, 0.1) is 0 Å². The van der Waals surface area contributed by atoms with E-state index in [2.05, 4.69) is 26.0 Å². The van der Waals surface area contributed by atoms with E-state index in [4.69, 9.17) is 4.74 Å². The first kappa shape index (κ1) is 22.4. The predicted octanol–water partition coefficient (Wildman–Crippen LogP) is 1.67. The smallest absolute Gasteiger partial charge is 0.274 e. The summed E-state index contributed by atoms with van der Waals surface area (Å²) in [4.78, 5) is 30.7. The van der Waals surface area contributed by atoms with E-state index in [1.807, 2.05) is 6.07 Å².